The molecule has 1 heterocycles. The Balaban J connectivity index is 1.92. The predicted molar refractivity (Wildman–Crippen MR) is 65.6 cm³/mol. The van der Waals surface area contributed by atoms with Gasteiger partial charge in [0.1, 0.15) is 5.75 Å². The zero-order valence-corrected chi connectivity index (χ0v) is 10.6. The summed E-state index contributed by atoms with van der Waals surface area (Å²) in [5.74, 6) is 1.39. The average molecular weight is 291 g/mol. The van der Waals surface area contributed by atoms with E-state index in [0.717, 1.165) is 29.9 Å². The molecule has 0 amide bonds. The molecule has 1 saturated heterocycles. The molecule has 82 valence electrons. The number of ether oxygens (including phenoxy) is 1. The van der Waals surface area contributed by atoms with E-state index in [4.69, 9.17) is 16.3 Å². The Morgan fingerprint density at radius 1 is 1.53 bits per heavy atom. The fraction of sp³-hybridized carbons (Fsp3) is 0.455. The van der Waals surface area contributed by atoms with Crippen LogP contribution in [-0.2, 0) is 0 Å². The van der Waals surface area contributed by atoms with Gasteiger partial charge in [-0.2, -0.15) is 0 Å². The molecule has 0 radical (unpaired) electrons. The van der Waals surface area contributed by atoms with Crippen LogP contribution in [0.15, 0.2) is 22.7 Å². The van der Waals surface area contributed by atoms with Gasteiger partial charge in [0.05, 0.1) is 11.6 Å². The fourth-order valence-electron chi connectivity index (χ4n) is 1.66. The lowest BCUT2D eigenvalue weighted by Crippen LogP contribution is -2.15. The van der Waals surface area contributed by atoms with E-state index >= 15 is 0 Å². The number of nitrogens with one attached hydrogen (secondary N) is 1. The van der Waals surface area contributed by atoms with E-state index in [1.807, 2.05) is 18.2 Å². The van der Waals surface area contributed by atoms with Crippen molar-refractivity contribution in [2.75, 3.05) is 19.7 Å². The minimum atomic E-state index is 0.615. The van der Waals surface area contributed by atoms with Crippen molar-refractivity contribution in [2.45, 2.75) is 6.42 Å². The third-order valence-electron chi connectivity index (χ3n) is 2.53. The van der Waals surface area contributed by atoms with Crippen molar-refractivity contribution in [3.8, 4) is 5.75 Å². The summed E-state index contributed by atoms with van der Waals surface area (Å²) in [6.07, 6.45) is 1.19. The van der Waals surface area contributed by atoms with Crippen LogP contribution >= 0.6 is 27.5 Å². The maximum atomic E-state index is 6.04. The molecule has 0 spiro atoms. The van der Waals surface area contributed by atoms with Gasteiger partial charge in [-0.05, 0) is 31.2 Å². The molecule has 0 aromatic heterocycles. The quantitative estimate of drug-likeness (QED) is 0.924. The van der Waals surface area contributed by atoms with Crippen molar-refractivity contribution < 1.29 is 4.74 Å². The highest BCUT2D eigenvalue weighted by Crippen LogP contribution is 2.28. The van der Waals surface area contributed by atoms with Gasteiger partial charge in [0.25, 0.3) is 0 Å². The molecule has 15 heavy (non-hydrogen) atoms. The van der Waals surface area contributed by atoms with Crippen molar-refractivity contribution in [3.05, 3.63) is 27.7 Å². The molecule has 2 nitrogen and oxygen atoms in total. The van der Waals surface area contributed by atoms with Crippen LogP contribution in [0, 0.1) is 5.92 Å². The molecule has 1 aliphatic heterocycles. The van der Waals surface area contributed by atoms with E-state index in [1.165, 1.54) is 6.42 Å². The summed E-state index contributed by atoms with van der Waals surface area (Å²) < 4.78 is 6.66. The normalized spacial score (nSPS) is 20.5. The van der Waals surface area contributed by atoms with Crippen LogP contribution in [0.3, 0.4) is 0 Å². The van der Waals surface area contributed by atoms with E-state index in [0.29, 0.717) is 10.9 Å². The van der Waals surface area contributed by atoms with Crippen LogP contribution in [0.5, 0.6) is 5.75 Å². The van der Waals surface area contributed by atoms with Gasteiger partial charge in [-0.15, -0.1) is 0 Å². The Morgan fingerprint density at radius 2 is 2.40 bits per heavy atom. The van der Waals surface area contributed by atoms with Crippen LogP contribution in [0.1, 0.15) is 6.42 Å². The molecule has 0 saturated carbocycles. The third kappa shape index (κ3) is 3.10. The average Bonchev–Trinajstić information content (AvgIpc) is 2.69. The summed E-state index contributed by atoms with van der Waals surface area (Å²) in [6.45, 7) is 2.89. The molecule has 1 aliphatic rings. The van der Waals surface area contributed by atoms with Crippen molar-refractivity contribution in [1.82, 2.24) is 5.32 Å². The van der Waals surface area contributed by atoms with E-state index in [-0.39, 0.29) is 0 Å². The number of hydrogen-bond donors (Lipinski definition) is 1. The van der Waals surface area contributed by atoms with Gasteiger partial charge < -0.3 is 10.1 Å². The third-order valence-corrected chi connectivity index (χ3v) is 3.32. The second-order valence-corrected chi connectivity index (χ2v) is 5.07. The SMILES string of the molecule is Clc1cc(Br)ccc1OC[C@H]1CCNC1. The Hall–Kier alpha value is -0.250. The number of rotatable bonds is 3. The van der Waals surface area contributed by atoms with Crippen molar-refractivity contribution in [3.63, 3.8) is 0 Å². The predicted octanol–water partition coefficient (Wildman–Crippen LogP) is 3.09. The summed E-state index contributed by atoms with van der Waals surface area (Å²) in [7, 11) is 0. The van der Waals surface area contributed by atoms with Gasteiger partial charge in [0.15, 0.2) is 0 Å². The van der Waals surface area contributed by atoms with E-state index in [9.17, 15) is 0 Å². The molecule has 0 unspecified atom stereocenters. The Morgan fingerprint density at radius 3 is 3.07 bits per heavy atom. The summed E-state index contributed by atoms with van der Waals surface area (Å²) in [4.78, 5) is 0. The molecular formula is C11H13BrClNO. The molecule has 1 atom stereocenters. The highest BCUT2D eigenvalue weighted by atomic mass is 79.9. The van der Waals surface area contributed by atoms with Gasteiger partial charge in [0, 0.05) is 16.9 Å². The smallest absolute Gasteiger partial charge is 0.137 e. The first kappa shape index (κ1) is 11.2. The Bertz CT molecular complexity index is 339. The highest BCUT2D eigenvalue weighted by molar-refractivity contribution is 9.10. The Labute approximate surface area is 103 Å². The van der Waals surface area contributed by atoms with Gasteiger partial charge in [-0.25, -0.2) is 0 Å². The molecule has 1 aromatic rings. The Kier molecular flexibility index (Phi) is 3.89. The van der Waals surface area contributed by atoms with Crippen LogP contribution in [0.4, 0.5) is 0 Å². The number of hydrogen-bond acceptors (Lipinski definition) is 2. The van der Waals surface area contributed by atoms with Gasteiger partial charge in [-0.1, -0.05) is 27.5 Å². The minimum Gasteiger partial charge on any atom is -0.492 e. The van der Waals surface area contributed by atoms with Gasteiger partial charge in [0.2, 0.25) is 0 Å². The summed E-state index contributed by atoms with van der Waals surface area (Å²) in [5.41, 5.74) is 0. The second-order valence-electron chi connectivity index (χ2n) is 3.74. The van der Waals surface area contributed by atoms with Crippen LogP contribution in [-0.4, -0.2) is 19.7 Å². The minimum absolute atomic E-state index is 0.615. The lowest BCUT2D eigenvalue weighted by atomic mass is 10.1. The van der Waals surface area contributed by atoms with Crippen molar-refractivity contribution >= 4 is 27.5 Å². The maximum absolute atomic E-state index is 6.04. The monoisotopic (exact) mass is 289 g/mol. The molecule has 0 bridgehead atoms. The van der Waals surface area contributed by atoms with Crippen LogP contribution in [0.25, 0.3) is 0 Å². The first-order chi connectivity index (χ1) is 7.25. The lowest BCUT2D eigenvalue weighted by Gasteiger charge is -2.12. The molecule has 1 N–H and O–H groups in total. The molecule has 1 aromatic carbocycles. The van der Waals surface area contributed by atoms with Gasteiger partial charge >= 0.3 is 0 Å². The van der Waals surface area contributed by atoms with Gasteiger partial charge in [-0.3, -0.25) is 0 Å². The number of halogens is 2. The zero-order chi connectivity index (χ0) is 10.7. The highest BCUT2D eigenvalue weighted by Gasteiger charge is 2.15. The second kappa shape index (κ2) is 5.19. The standard InChI is InChI=1S/C11H13BrClNO/c12-9-1-2-11(10(13)5-9)15-7-8-3-4-14-6-8/h1-2,5,8,14H,3-4,6-7H2/t8-/m0/s1. The largest absolute Gasteiger partial charge is 0.492 e. The summed E-state index contributed by atoms with van der Waals surface area (Å²) >= 11 is 9.41. The van der Waals surface area contributed by atoms with Crippen molar-refractivity contribution in [1.29, 1.82) is 0 Å². The van der Waals surface area contributed by atoms with E-state index in [1.54, 1.807) is 0 Å². The molecule has 0 aliphatic carbocycles. The molecular weight excluding hydrogens is 277 g/mol. The molecule has 2 rings (SSSR count). The first-order valence-electron chi connectivity index (χ1n) is 5.04. The maximum Gasteiger partial charge on any atom is 0.137 e. The summed E-state index contributed by atoms with van der Waals surface area (Å²) in [5, 5.41) is 3.97. The van der Waals surface area contributed by atoms with E-state index < -0.39 is 0 Å². The van der Waals surface area contributed by atoms with E-state index in [2.05, 4.69) is 21.2 Å². The van der Waals surface area contributed by atoms with Crippen LogP contribution in [0.2, 0.25) is 5.02 Å². The topological polar surface area (TPSA) is 21.3 Å². The number of benzene rings is 1. The lowest BCUT2D eigenvalue weighted by molar-refractivity contribution is 0.260. The van der Waals surface area contributed by atoms with Crippen molar-refractivity contribution in [2.24, 2.45) is 5.92 Å². The molecule has 1 fully saturated rings. The summed E-state index contributed by atoms with van der Waals surface area (Å²) in [6, 6.07) is 5.69. The van der Waals surface area contributed by atoms with Crippen LogP contribution < -0.4 is 10.1 Å². The molecule has 4 heteroatoms. The first-order valence-corrected chi connectivity index (χ1v) is 6.21. The fourth-order valence-corrected chi connectivity index (χ4v) is 2.38. The zero-order valence-electron chi connectivity index (χ0n) is 8.30.